The molecule has 98 valence electrons. The van der Waals surface area contributed by atoms with E-state index in [0.29, 0.717) is 0 Å². The largest absolute Gasteiger partial charge is 0.453 e. The highest BCUT2D eigenvalue weighted by atomic mass is 16.5. The molecule has 4 heteroatoms. The van der Waals surface area contributed by atoms with Crippen molar-refractivity contribution >= 4 is 11.9 Å². The molecule has 1 amide bonds. The quantitative estimate of drug-likeness (QED) is 0.824. The molecule has 0 spiro atoms. The maximum atomic E-state index is 12.3. The number of methoxy groups -OCH3 is 1. The van der Waals surface area contributed by atoms with Gasteiger partial charge in [0, 0.05) is 13.0 Å². The fourth-order valence-corrected chi connectivity index (χ4v) is 1.78. The Balaban J connectivity index is 3.11. The van der Waals surface area contributed by atoms with E-state index in [1.165, 1.54) is 12.0 Å². The van der Waals surface area contributed by atoms with E-state index in [1.807, 2.05) is 44.2 Å². The van der Waals surface area contributed by atoms with Gasteiger partial charge in [-0.2, -0.15) is 0 Å². The van der Waals surface area contributed by atoms with Crippen LogP contribution in [0.5, 0.6) is 0 Å². The molecule has 0 saturated carbocycles. The lowest BCUT2D eigenvalue weighted by atomic mass is 9.94. The Labute approximate surface area is 108 Å². The maximum absolute atomic E-state index is 12.3. The van der Waals surface area contributed by atoms with Crippen molar-refractivity contribution in [1.82, 2.24) is 4.90 Å². The third-order valence-electron chi connectivity index (χ3n) is 2.80. The predicted molar refractivity (Wildman–Crippen MR) is 69.2 cm³/mol. The summed E-state index contributed by atoms with van der Waals surface area (Å²) < 4.78 is 4.68. The molecule has 0 aliphatic carbocycles. The first-order chi connectivity index (χ1) is 8.49. The summed E-state index contributed by atoms with van der Waals surface area (Å²) in [5.41, 5.74) is 0.795. The van der Waals surface area contributed by atoms with Crippen molar-refractivity contribution in [2.24, 2.45) is 5.92 Å². The first-order valence-corrected chi connectivity index (χ1v) is 5.88. The molecule has 0 aromatic heterocycles. The summed E-state index contributed by atoms with van der Waals surface area (Å²) in [5, 5.41) is 0. The standard InChI is InChI=1S/C14H19NO3/c1-10(2)13(16)12(15(3)14(17)18-4)11-8-6-5-7-9-11/h5-10,12H,1-4H3. The van der Waals surface area contributed by atoms with Crippen LogP contribution in [0.3, 0.4) is 0 Å². The number of Topliss-reactive ketones (excluding diaryl/α,β-unsaturated/α-hetero) is 1. The number of nitrogens with zero attached hydrogens (tertiary/aromatic N) is 1. The zero-order valence-electron chi connectivity index (χ0n) is 11.2. The molecule has 0 bridgehead atoms. The molecule has 0 aliphatic rings. The molecule has 0 aliphatic heterocycles. The Morgan fingerprint density at radius 2 is 1.72 bits per heavy atom. The lowest BCUT2D eigenvalue weighted by molar-refractivity contribution is -0.126. The van der Waals surface area contributed by atoms with Gasteiger partial charge in [-0.1, -0.05) is 44.2 Å². The second-order valence-electron chi connectivity index (χ2n) is 4.45. The van der Waals surface area contributed by atoms with Gasteiger partial charge in [-0.15, -0.1) is 0 Å². The van der Waals surface area contributed by atoms with Crippen molar-refractivity contribution in [3.63, 3.8) is 0 Å². The van der Waals surface area contributed by atoms with Gasteiger partial charge in [-0.25, -0.2) is 4.79 Å². The van der Waals surface area contributed by atoms with Crippen LogP contribution in [0, 0.1) is 5.92 Å². The number of benzene rings is 1. The smallest absolute Gasteiger partial charge is 0.410 e. The third-order valence-corrected chi connectivity index (χ3v) is 2.80. The molecule has 1 aromatic carbocycles. The summed E-state index contributed by atoms with van der Waals surface area (Å²) in [6, 6.07) is 8.65. The third kappa shape index (κ3) is 3.09. The second-order valence-corrected chi connectivity index (χ2v) is 4.45. The molecule has 1 unspecified atom stereocenters. The number of rotatable bonds is 4. The number of carbonyl (C=O) groups is 2. The number of likely N-dealkylation sites (N-methyl/N-ethyl adjacent to an activating group) is 1. The molecule has 1 atom stereocenters. The summed E-state index contributed by atoms with van der Waals surface area (Å²) in [6.45, 7) is 3.65. The molecule has 0 saturated heterocycles. The van der Waals surface area contributed by atoms with Crippen LogP contribution in [-0.4, -0.2) is 30.9 Å². The van der Waals surface area contributed by atoms with E-state index < -0.39 is 12.1 Å². The van der Waals surface area contributed by atoms with E-state index in [-0.39, 0.29) is 11.7 Å². The lowest BCUT2D eigenvalue weighted by Gasteiger charge is -2.27. The number of carbonyl (C=O) groups excluding carboxylic acids is 2. The first kappa shape index (κ1) is 14.2. The van der Waals surface area contributed by atoms with E-state index >= 15 is 0 Å². The number of hydrogen-bond donors (Lipinski definition) is 0. The van der Waals surface area contributed by atoms with Crippen molar-refractivity contribution in [2.45, 2.75) is 19.9 Å². The zero-order chi connectivity index (χ0) is 13.7. The minimum absolute atomic E-state index is 0.00546. The average molecular weight is 249 g/mol. The molecule has 4 nitrogen and oxygen atoms in total. The van der Waals surface area contributed by atoms with Crippen LogP contribution in [-0.2, 0) is 9.53 Å². The van der Waals surface area contributed by atoms with Gasteiger partial charge in [0.05, 0.1) is 7.11 Å². The first-order valence-electron chi connectivity index (χ1n) is 5.88. The molecular weight excluding hydrogens is 230 g/mol. The number of hydrogen-bond acceptors (Lipinski definition) is 3. The van der Waals surface area contributed by atoms with Crippen LogP contribution in [0.4, 0.5) is 4.79 Å². The van der Waals surface area contributed by atoms with Gasteiger partial charge in [0.25, 0.3) is 0 Å². The van der Waals surface area contributed by atoms with Crippen LogP contribution in [0.15, 0.2) is 30.3 Å². The van der Waals surface area contributed by atoms with E-state index in [4.69, 9.17) is 0 Å². The fourth-order valence-electron chi connectivity index (χ4n) is 1.78. The molecule has 0 heterocycles. The van der Waals surface area contributed by atoms with Crippen LogP contribution in [0.1, 0.15) is 25.5 Å². The SMILES string of the molecule is COC(=O)N(C)C(C(=O)C(C)C)c1ccccc1. The van der Waals surface area contributed by atoms with Crippen LogP contribution < -0.4 is 0 Å². The molecule has 0 radical (unpaired) electrons. The molecule has 18 heavy (non-hydrogen) atoms. The summed E-state index contributed by atoms with van der Waals surface area (Å²) >= 11 is 0. The summed E-state index contributed by atoms with van der Waals surface area (Å²) in [4.78, 5) is 25.2. The van der Waals surface area contributed by atoms with E-state index in [0.717, 1.165) is 5.56 Å². The van der Waals surface area contributed by atoms with Gasteiger partial charge in [0.15, 0.2) is 5.78 Å². The molecule has 0 N–H and O–H groups in total. The van der Waals surface area contributed by atoms with Gasteiger partial charge in [-0.05, 0) is 5.56 Å². The molecular formula is C14H19NO3. The number of amides is 1. The predicted octanol–water partition coefficient (Wildman–Crippen LogP) is 2.65. The molecule has 1 rings (SSSR count). The number of ketones is 1. The summed E-state index contributed by atoms with van der Waals surface area (Å²) in [6.07, 6.45) is -0.516. The van der Waals surface area contributed by atoms with Crippen molar-refractivity contribution in [1.29, 1.82) is 0 Å². The maximum Gasteiger partial charge on any atom is 0.410 e. The van der Waals surface area contributed by atoms with E-state index in [9.17, 15) is 9.59 Å². The Morgan fingerprint density at radius 3 is 2.17 bits per heavy atom. The van der Waals surface area contributed by atoms with Gasteiger partial charge in [-0.3, -0.25) is 9.69 Å². The second kappa shape index (κ2) is 6.19. The van der Waals surface area contributed by atoms with Gasteiger partial charge in [0.1, 0.15) is 6.04 Å². The van der Waals surface area contributed by atoms with Gasteiger partial charge < -0.3 is 4.74 Å². The van der Waals surface area contributed by atoms with Gasteiger partial charge >= 0.3 is 6.09 Å². The number of ether oxygens (including phenoxy) is 1. The fraction of sp³-hybridized carbons (Fsp3) is 0.429. The molecule has 1 aromatic rings. The Kier molecular flexibility index (Phi) is 4.89. The highest BCUT2D eigenvalue weighted by molar-refractivity contribution is 5.89. The minimum Gasteiger partial charge on any atom is -0.453 e. The minimum atomic E-state index is -0.598. The van der Waals surface area contributed by atoms with Crippen molar-refractivity contribution in [3.05, 3.63) is 35.9 Å². The van der Waals surface area contributed by atoms with Gasteiger partial charge in [0.2, 0.25) is 0 Å². The van der Waals surface area contributed by atoms with Crippen molar-refractivity contribution < 1.29 is 14.3 Å². The van der Waals surface area contributed by atoms with Crippen LogP contribution >= 0.6 is 0 Å². The van der Waals surface area contributed by atoms with Crippen LogP contribution in [0.2, 0.25) is 0 Å². The van der Waals surface area contributed by atoms with E-state index in [1.54, 1.807) is 7.05 Å². The normalized spacial score (nSPS) is 12.1. The Morgan fingerprint density at radius 1 is 1.17 bits per heavy atom. The Hall–Kier alpha value is -1.84. The summed E-state index contributed by atoms with van der Waals surface area (Å²) in [5.74, 6) is -0.156. The molecule has 0 fully saturated rings. The summed E-state index contributed by atoms with van der Waals surface area (Å²) in [7, 11) is 2.88. The Bertz CT molecular complexity index is 414. The van der Waals surface area contributed by atoms with E-state index in [2.05, 4.69) is 4.74 Å². The van der Waals surface area contributed by atoms with Crippen molar-refractivity contribution in [2.75, 3.05) is 14.2 Å². The average Bonchev–Trinajstić information content (AvgIpc) is 2.38. The zero-order valence-corrected chi connectivity index (χ0v) is 11.2. The highest BCUT2D eigenvalue weighted by Crippen LogP contribution is 2.24. The topological polar surface area (TPSA) is 46.6 Å². The monoisotopic (exact) mass is 249 g/mol. The highest BCUT2D eigenvalue weighted by Gasteiger charge is 2.30. The van der Waals surface area contributed by atoms with Crippen LogP contribution in [0.25, 0.3) is 0 Å². The lowest BCUT2D eigenvalue weighted by Crippen LogP contribution is -2.37. The van der Waals surface area contributed by atoms with Crippen molar-refractivity contribution in [3.8, 4) is 0 Å².